The third kappa shape index (κ3) is 12.0. The quantitative estimate of drug-likeness (QED) is 0.121. The molecule has 0 bridgehead atoms. The average Bonchev–Trinajstić information content (AvgIpc) is 2.85. The zero-order valence-electron chi connectivity index (χ0n) is 19.6. The largest absolute Gasteiger partial charge is 0.573 e. The number of amidine groups is 1. The molecule has 0 aliphatic carbocycles. The Balaban J connectivity index is 0.000000306. The molecule has 0 heterocycles. The number of nitrogens with zero attached hydrogens (tertiary/aromatic N) is 2. The minimum atomic E-state index is -4.74. The van der Waals surface area contributed by atoms with Gasteiger partial charge in [-0.15, -0.1) is 26.3 Å². The van der Waals surface area contributed by atoms with Gasteiger partial charge in [-0.05, 0) is 54.2 Å². The van der Waals surface area contributed by atoms with Crippen molar-refractivity contribution in [1.29, 1.82) is 5.41 Å². The van der Waals surface area contributed by atoms with Crippen LogP contribution in [0.4, 0.5) is 37.7 Å². The first-order valence-electron chi connectivity index (χ1n) is 10.5. The van der Waals surface area contributed by atoms with E-state index in [0.717, 1.165) is 23.8 Å². The highest BCUT2D eigenvalue weighted by molar-refractivity contribution is 7.80. The molecule has 39 heavy (non-hydrogen) atoms. The first kappa shape index (κ1) is 30.6. The van der Waals surface area contributed by atoms with Gasteiger partial charge in [0.1, 0.15) is 17.9 Å². The minimum Gasteiger partial charge on any atom is -0.406 e. The molecule has 0 atom stereocenters. The van der Waals surface area contributed by atoms with E-state index in [1.165, 1.54) is 42.9 Å². The standard InChI is InChI=1S/C16H13F3N4O.C8H7F3N2OS/c17-16(18,19)24-14-7-5-13(6-8-14)22-10-23-15(21)12-3-1-11(9-20)2-4-12;9-8(10,11)14-6-4-2-1-3-5(6)13-7(12)15/h1-10,20H,(H2,21,22,23);1-4H,(H3,12,13,15). The third-order valence-corrected chi connectivity index (χ3v) is 4.32. The molecule has 0 fully saturated rings. The van der Waals surface area contributed by atoms with E-state index in [9.17, 15) is 26.3 Å². The van der Waals surface area contributed by atoms with Crippen LogP contribution >= 0.6 is 12.2 Å². The Morgan fingerprint density at radius 1 is 0.846 bits per heavy atom. The van der Waals surface area contributed by atoms with E-state index in [4.69, 9.17) is 16.9 Å². The molecule has 6 N–H and O–H groups in total. The lowest BCUT2D eigenvalue weighted by Gasteiger charge is -2.13. The SMILES string of the molecule is N=Cc1ccc(C(N)=NC=Nc2ccc(OC(F)(F)F)cc2)cc1.NC(=S)Nc1ccccc1OC(F)(F)F. The third-order valence-electron chi connectivity index (χ3n) is 4.22. The molecular weight excluding hydrogens is 550 g/mol. The van der Waals surface area contributed by atoms with Crippen LogP contribution in [0, 0.1) is 5.41 Å². The molecule has 3 rings (SSSR count). The predicted octanol–water partition coefficient (Wildman–Crippen LogP) is 5.89. The van der Waals surface area contributed by atoms with Crippen LogP contribution in [-0.2, 0) is 0 Å². The van der Waals surface area contributed by atoms with Gasteiger partial charge in [0.15, 0.2) is 10.9 Å². The second-order valence-corrected chi connectivity index (χ2v) is 7.54. The van der Waals surface area contributed by atoms with Crippen molar-refractivity contribution in [2.45, 2.75) is 12.7 Å². The molecule has 3 aromatic carbocycles. The van der Waals surface area contributed by atoms with E-state index in [-0.39, 0.29) is 28.1 Å². The number of hydrogen-bond donors (Lipinski definition) is 4. The molecule has 0 aliphatic heterocycles. The molecule has 0 saturated heterocycles. The molecule has 15 heteroatoms. The van der Waals surface area contributed by atoms with Crippen molar-refractivity contribution >= 4 is 47.1 Å². The number of halogens is 6. The normalized spacial score (nSPS) is 11.8. The van der Waals surface area contributed by atoms with Crippen LogP contribution in [0.1, 0.15) is 11.1 Å². The number of anilines is 1. The van der Waals surface area contributed by atoms with Gasteiger partial charge in [-0.3, -0.25) is 0 Å². The van der Waals surface area contributed by atoms with Crippen molar-refractivity contribution in [3.63, 3.8) is 0 Å². The van der Waals surface area contributed by atoms with Crippen LogP contribution in [0.2, 0.25) is 0 Å². The van der Waals surface area contributed by atoms with Crippen molar-refractivity contribution in [2.24, 2.45) is 21.5 Å². The number of para-hydroxylation sites is 2. The lowest BCUT2D eigenvalue weighted by molar-refractivity contribution is -0.275. The number of ether oxygens (including phenoxy) is 2. The van der Waals surface area contributed by atoms with Crippen LogP contribution in [-0.4, -0.2) is 36.2 Å². The zero-order valence-corrected chi connectivity index (χ0v) is 20.4. The number of thiocarbonyl (C=S) groups is 1. The van der Waals surface area contributed by atoms with Gasteiger partial charge in [0.05, 0.1) is 11.4 Å². The summed E-state index contributed by atoms with van der Waals surface area (Å²) in [6.07, 6.45) is -7.05. The zero-order chi connectivity index (χ0) is 29.1. The summed E-state index contributed by atoms with van der Waals surface area (Å²) in [7, 11) is 0. The Bertz CT molecular complexity index is 1310. The van der Waals surface area contributed by atoms with Crippen molar-refractivity contribution < 1.29 is 35.8 Å². The fraction of sp³-hybridized carbons (Fsp3) is 0.0833. The van der Waals surface area contributed by atoms with Gasteiger partial charge >= 0.3 is 12.7 Å². The summed E-state index contributed by atoms with van der Waals surface area (Å²) in [4.78, 5) is 7.94. The smallest absolute Gasteiger partial charge is 0.406 e. The number of nitrogens with one attached hydrogen (secondary N) is 2. The maximum Gasteiger partial charge on any atom is 0.573 e. The Hall–Kier alpha value is -4.66. The molecule has 8 nitrogen and oxygen atoms in total. The monoisotopic (exact) mass is 570 g/mol. The molecule has 0 aliphatic rings. The van der Waals surface area contributed by atoms with E-state index in [1.807, 2.05) is 0 Å². The molecular formula is C24H20F6N6O2S. The summed E-state index contributed by atoms with van der Waals surface area (Å²) in [5.74, 6) is -0.471. The first-order valence-corrected chi connectivity index (χ1v) is 10.9. The molecule has 0 aromatic heterocycles. The van der Waals surface area contributed by atoms with E-state index in [1.54, 1.807) is 24.3 Å². The maximum atomic E-state index is 12.0. The number of hydrogen-bond acceptors (Lipinski definition) is 5. The van der Waals surface area contributed by atoms with E-state index in [0.29, 0.717) is 11.3 Å². The average molecular weight is 571 g/mol. The summed E-state index contributed by atoms with van der Waals surface area (Å²) < 4.78 is 79.5. The number of alkyl halides is 6. The molecule has 0 saturated carbocycles. The highest BCUT2D eigenvalue weighted by atomic mass is 32.1. The lowest BCUT2D eigenvalue weighted by atomic mass is 10.1. The van der Waals surface area contributed by atoms with Gasteiger partial charge < -0.3 is 31.7 Å². The topological polar surface area (TPSA) is 131 Å². The van der Waals surface area contributed by atoms with E-state index in [2.05, 4.69) is 37.0 Å². The van der Waals surface area contributed by atoms with Gasteiger partial charge in [0, 0.05) is 11.8 Å². The van der Waals surface area contributed by atoms with Crippen LogP contribution < -0.4 is 26.3 Å². The van der Waals surface area contributed by atoms with Crippen LogP contribution in [0.3, 0.4) is 0 Å². The van der Waals surface area contributed by atoms with Gasteiger partial charge in [-0.1, -0.05) is 36.4 Å². The summed E-state index contributed by atoms with van der Waals surface area (Å²) in [5.41, 5.74) is 12.8. The summed E-state index contributed by atoms with van der Waals surface area (Å²) in [6.45, 7) is 0. The van der Waals surface area contributed by atoms with Crippen LogP contribution in [0.25, 0.3) is 0 Å². The molecule has 0 unspecified atom stereocenters. The second kappa shape index (κ2) is 13.8. The van der Waals surface area contributed by atoms with Crippen LogP contribution in [0.5, 0.6) is 11.5 Å². The fourth-order valence-corrected chi connectivity index (χ4v) is 2.74. The highest BCUT2D eigenvalue weighted by Crippen LogP contribution is 2.29. The molecule has 206 valence electrons. The van der Waals surface area contributed by atoms with Gasteiger partial charge in [-0.25, -0.2) is 9.98 Å². The second-order valence-electron chi connectivity index (χ2n) is 7.10. The van der Waals surface area contributed by atoms with Gasteiger partial charge in [0.25, 0.3) is 0 Å². The Morgan fingerprint density at radius 3 is 1.97 bits per heavy atom. The lowest BCUT2D eigenvalue weighted by Crippen LogP contribution is -2.22. The van der Waals surface area contributed by atoms with Gasteiger partial charge in [0.2, 0.25) is 0 Å². The van der Waals surface area contributed by atoms with Gasteiger partial charge in [-0.2, -0.15) is 0 Å². The van der Waals surface area contributed by atoms with Crippen molar-refractivity contribution in [3.8, 4) is 11.5 Å². The fourth-order valence-electron chi connectivity index (χ4n) is 2.63. The Morgan fingerprint density at radius 2 is 1.44 bits per heavy atom. The van der Waals surface area contributed by atoms with Crippen LogP contribution in [0.15, 0.2) is 82.8 Å². The Kier molecular flexibility index (Phi) is 10.8. The summed E-state index contributed by atoms with van der Waals surface area (Å²) >= 11 is 4.51. The molecule has 0 spiro atoms. The molecule has 0 radical (unpaired) electrons. The van der Waals surface area contributed by atoms with E-state index < -0.39 is 12.7 Å². The maximum absolute atomic E-state index is 12.0. The minimum absolute atomic E-state index is 0.0716. The molecule has 3 aromatic rings. The van der Waals surface area contributed by atoms with E-state index >= 15 is 0 Å². The molecule has 0 amide bonds. The number of aliphatic imine (C=N–C) groups is 2. The highest BCUT2D eigenvalue weighted by Gasteiger charge is 2.32. The van der Waals surface area contributed by atoms with Crippen molar-refractivity contribution in [3.05, 3.63) is 83.9 Å². The van der Waals surface area contributed by atoms with Crippen molar-refractivity contribution in [1.82, 2.24) is 0 Å². The Labute approximate surface area is 223 Å². The number of nitrogens with two attached hydrogens (primary N) is 2. The van der Waals surface area contributed by atoms with Crippen molar-refractivity contribution in [2.75, 3.05) is 5.32 Å². The first-order chi connectivity index (χ1) is 18.3. The number of rotatable bonds is 7. The predicted molar refractivity (Wildman–Crippen MR) is 140 cm³/mol. The number of benzene rings is 3. The summed E-state index contributed by atoms with van der Waals surface area (Å²) in [6, 6.07) is 17.4. The summed E-state index contributed by atoms with van der Waals surface area (Å²) in [5, 5.41) is 9.36.